The highest BCUT2D eigenvalue weighted by molar-refractivity contribution is 5.36. The molecule has 0 aliphatic carbocycles. The lowest BCUT2D eigenvalue weighted by Crippen LogP contribution is -2.23. The number of nitrogen functional groups attached to an aromatic ring is 1. The molecule has 0 spiro atoms. The molecule has 0 aliphatic rings. The molecule has 2 N–H and O–H groups in total. The summed E-state index contributed by atoms with van der Waals surface area (Å²) in [6.45, 7) is 0. The highest BCUT2D eigenvalue weighted by Gasteiger charge is 2.43. The van der Waals surface area contributed by atoms with Gasteiger partial charge in [0.15, 0.2) is 0 Å². The highest BCUT2D eigenvalue weighted by Crippen LogP contribution is 2.35. The molecule has 148 valence electrons. The number of anilines is 1. The zero-order valence-electron chi connectivity index (χ0n) is 14.6. The summed E-state index contributed by atoms with van der Waals surface area (Å²) in [6.07, 6.45) is -3.89. The van der Waals surface area contributed by atoms with Gasteiger partial charge in [-0.05, 0) is 60.0 Å². The van der Waals surface area contributed by atoms with Gasteiger partial charge in [0.1, 0.15) is 11.6 Å². The first kappa shape index (κ1) is 21.3. The average molecular weight is 397 g/mol. The molecule has 0 heterocycles. The largest absolute Gasteiger partial charge is 0.399 e. The number of halogens is 6. The first-order valence-corrected chi connectivity index (χ1v) is 8.19. The zero-order chi connectivity index (χ0) is 20.7. The van der Waals surface area contributed by atoms with E-state index in [1.165, 1.54) is 24.3 Å². The van der Waals surface area contributed by atoms with Crippen LogP contribution in [-0.4, -0.2) is 6.43 Å². The fourth-order valence-electron chi connectivity index (χ4n) is 2.36. The SMILES string of the molecule is Fc1ccc(Cc2cc(F)cc(C(F)(F)C(F)F)c2)cc1.Nc1ccccc1. The smallest absolute Gasteiger partial charge is 0.332 e. The Morgan fingerprint density at radius 1 is 0.750 bits per heavy atom. The van der Waals surface area contributed by atoms with E-state index >= 15 is 0 Å². The first-order valence-electron chi connectivity index (χ1n) is 8.19. The third-order valence-electron chi connectivity index (χ3n) is 3.74. The van der Waals surface area contributed by atoms with Gasteiger partial charge in [-0.1, -0.05) is 30.3 Å². The van der Waals surface area contributed by atoms with E-state index < -0.39 is 29.5 Å². The predicted octanol–water partition coefficient (Wildman–Crippen LogP) is 6.18. The molecule has 3 rings (SSSR count). The van der Waals surface area contributed by atoms with Crippen molar-refractivity contribution in [3.8, 4) is 0 Å². The number of hydrogen-bond donors (Lipinski definition) is 1. The Hall–Kier alpha value is -2.96. The van der Waals surface area contributed by atoms with Gasteiger partial charge < -0.3 is 5.73 Å². The Balaban J connectivity index is 0.000000336. The molecule has 1 nitrogen and oxygen atoms in total. The lowest BCUT2D eigenvalue weighted by molar-refractivity contribution is -0.135. The molecule has 3 aromatic rings. The summed E-state index contributed by atoms with van der Waals surface area (Å²) in [5, 5.41) is 0. The maximum Gasteiger partial charge on any atom is 0.332 e. The Labute approximate surface area is 158 Å². The third kappa shape index (κ3) is 6.04. The summed E-state index contributed by atoms with van der Waals surface area (Å²) in [5.74, 6) is -5.91. The van der Waals surface area contributed by atoms with E-state index in [-0.39, 0.29) is 12.0 Å². The van der Waals surface area contributed by atoms with Crippen molar-refractivity contribution in [3.63, 3.8) is 0 Å². The monoisotopic (exact) mass is 397 g/mol. The maximum absolute atomic E-state index is 13.4. The van der Waals surface area contributed by atoms with Gasteiger partial charge in [0.2, 0.25) is 0 Å². The van der Waals surface area contributed by atoms with Gasteiger partial charge in [0, 0.05) is 11.3 Å². The minimum absolute atomic E-state index is 0.0321. The maximum atomic E-state index is 13.4. The van der Waals surface area contributed by atoms with Crippen LogP contribution in [0.1, 0.15) is 16.7 Å². The van der Waals surface area contributed by atoms with Crippen LogP contribution in [0.25, 0.3) is 0 Å². The Bertz CT molecular complexity index is 879. The second-order valence-electron chi connectivity index (χ2n) is 5.99. The van der Waals surface area contributed by atoms with E-state index in [2.05, 4.69) is 0 Å². The molecule has 0 atom stereocenters. The van der Waals surface area contributed by atoms with E-state index in [1.54, 1.807) is 0 Å². The lowest BCUT2D eigenvalue weighted by Gasteiger charge is -2.16. The Kier molecular flexibility index (Phi) is 7.09. The molecule has 0 saturated heterocycles. The zero-order valence-corrected chi connectivity index (χ0v) is 14.6. The number of benzene rings is 3. The fourth-order valence-corrected chi connectivity index (χ4v) is 2.36. The minimum Gasteiger partial charge on any atom is -0.399 e. The van der Waals surface area contributed by atoms with Gasteiger partial charge in [-0.25, -0.2) is 17.6 Å². The van der Waals surface area contributed by atoms with Crippen LogP contribution < -0.4 is 5.73 Å². The topological polar surface area (TPSA) is 26.0 Å². The molecule has 0 bridgehead atoms. The molecule has 0 fully saturated rings. The quantitative estimate of drug-likeness (QED) is 0.413. The molecule has 3 aromatic carbocycles. The van der Waals surface area contributed by atoms with Crippen LogP contribution in [0.4, 0.5) is 32.0 Å². The molecular formula is C21H17F6N. The van der Waals surface area contributed by atoms with Crippen molar-refractivity contribution in [2.45, 2.75) is 18.8 Å². The van der Waals surface area contributed by atoms with Crippen LogP contribution in [0.3, 0.4) is 0 Å². The molecule has 0 unspecified atom stereocenters. The van der Waals surface area contributed by atoms with Crippen molar-refractivity contribution in [1.82, 2.24) is 0 Å². The minimum atomic E-state index is -4.42. The predicted molar refractivity (Wildman–Crippen MR) is 96.4 cm³/mol. The summed E-state index contributed by atoms with van der Waals surface area (Å²) < 4.78 is 77.3. The first-order chi connectivity index (χ1) is 13.2. The number of rotatable bonds is 4. The van der Waals surface area contributed by atoms with E-state index in [9.17, 15) is 26.3 Å². The van der Waals surface area contributed by atoms with Gasteiger partial charge in [-0.3, -0.25) is 0 Å². The lowest BCUT2D eigenvalue weighted by atomic mass is 10.00. The van der Waals surface area contributed by atoms with E-state index in [0.29, 0.717) is 11.6 Å². The van der Waals surface area contributed by atoms with E-state index in [0.717, 1.165) is 17.8 Å². The molecule has 0 saturated carbocycles. The van der Waals surface area contributed by atoms with Crippen molar-refractivity contribution < 1.29 is 26.3 Å². The van der Waals surface area contributed by atoms with E-state index in [1.807, 2.05) is 30.3 Å². The second-order valence-corrected chi connectivity index (χ2v) is 5.99. The van der Waals surface area contributed by atoms with Crippen LogP contribution in [0.15, 0.2) is 72.8 Å². The van der Waals surface area contributed by atoms with Crippen molar-refractivity contribution in [3.05, 3.63) is 101 Å². The molecule has 28 heavy (non-hydrogen) atoms. The van der Waals surface area contributed by atoms with Crippen LogP contribution >= 0.6 is 0 Å². The number of alkyl halides is 4. The molecule has 0 aromatic heterocycles. The third-order valence-corrected chi connectivity index (χ3v) is 3.74. The van der Waals surface area contributed by atoms with Gasteiger partial charge in [-0.15, -0.1) is 0 Å². The van der Waals surface area contributed by atoms with E-state index in [4.69, 9.17) is 5.73 Å². The second kappa shape index (κ2) is 9.30. The van der Waals surface area contributed by atoms with Gasteiger partial charge in [0.05, 0.1) is 0 Å². The number of para-hydroxylation sites is 1. The molecule has 0 amide bonds. The van der Waals surface area contributed by atoms with Crippen LogP contribution in [0, 0.1) is 11.6 Å². The van der Waals surface area contributed by atoms with Crippen LogP contribution in [0.5, 0.6) is 0 Å². The van der Waals surface area contributed by atoms with Crippen LogP contribution in [0.2, 0.25) is 0 Å². The summed E-state index contributed by atoms with van der Waals surface area (Å²) in [4.78, 5) is 0. The van der Waals surface area contributed by atoms with Crippen molar-refractivity contribution in [1.29, 1.82) is 0 Å². The van der Waals surface area contributed by atoms with Gasteiger partial charge in [-0.2, -0.15) is 8.78 Å². The fraction of sp³-hybridized carbons (Fsp3) is 0.143. The van der Waals surface area contributed by atoms with Crippen LogP contribution in [-0.2, 0) is 12.3 Å². The van der Waals surface area contributed by atoms with Gasteiger partial charge in [0.25, 0.3) is 0 Å². The molecule has 0 radical (unpaired) electrons. The Morgan fingerprint density at radius 3 is 1.86 bits per heavy atom. The molecule has 0 aliphatic heterocycles. The van der Waals surface area contributed by atoms with Crippen molar-refractivity contribution >= 4 is 5.69 Å². The number of nitrogens with two attached hydrogens (primary N) is 1. The highest BCUT2D eigenvalue weighted by atomic mass is 19.3. The molecular weight excluding hydrogens is 380 g/mol. The van der Waals surface area contributed by atoms with Crippen molar-refractivity contribution in [2.24, 2.45) is 0 Å². The number of hydrogen-bond acceptors (Lipinski definition) is 1. The Morgan fingerprint density at radius 2 is 1.36 bits per heavy atom. The summed E-state index contributed by atoms with van der Waals surface area (Å²) in [6, 6.07) is 16.8. The van der Waals surface area contributed by atoms with Crippen molar-refractivity contribution in [2.75, 3.05) is 5.73 Å². The van der Waals surface area contributed by atoms with Gasteiger partial charge >= 0.3 is 12.3 Å². The average Bonchev–Trinajstić information content (AvgIpc) is 2.64. The normalized spacial score (nSPS) is 11.1. The standard InChI is InChI=1S/C15H10F6.C6H7N/c16-12-3-1-9(2-4-12)5-10-6-11(8-13(17)7-10)15(20,21)14(18)19;7-6-4-2-1-3-5-6/h1-4,6-8,14H,5H2;1-5H,7H2. The summed E-state index contributed by atoms with van der Waals surface area (Å²) in [7, 11) is 0. The molecule has 7 heteroatoms. The summed E-state index contributed by atoms with van der Waals surface area (Å²) >= 11 is 0. The summed E-state index contributed by atoms with van der Waals surface area (Å²) in [5.41, 5.74) is 5.76.